The molecule has 2 N–H and O–H groups in total. The van der Waals surface area contributed by atoms with E-state index in [1.165, 1.54) is 0 Å². The fraction of sp³-hybridized carbons (Fsp3) is 0.238. The van der Waals surface area contributed by atoms with Gasteiger partial charge in [-0.3, -0.25) is 14.5 Å². The molecule has 0 unspecified atom stereocenters. The number of aliphatic imine (C=N–C) groups is 1. The molecule has 1 heterocycles. The monoisotopic (exact) mass is 431 g/mol. The summed E-state index contributed by atoms with van der Waals surface area (Å²) in [5.74, 6) is 0.0735. The van der Waals surface area contributed by atoms with E-state index in [0.717, 1.165) is 5.56 Å². The smallest absolute Gasteiger partial charge is 0.264 e. The summed E-state index contributed by atoms with van der Waals surface area (Å²) in [6.07, 6.45) is 0. The number of hydrogen-bond donors (Lipinski definition) is 2. The zero-order chi connectivity index (χ0) is 21.0. The van der Waals surface area contributed by atoms with Crippen LogP contribution in [0, 0.1) is 0 Å². The third-order valence-electron chi connectivity index (χ3n) is 4.66. The van der Waals surface area contributed by atoms with Gasteiger partial charge in [-0.1, -0.05) is 61.0 Å². The summed E-state index contributed by atoms with van der Waals surface area (Å²) in [5.41, 5.74) is 2.12. The summed E-state index contributed by atoms with van der Waals surface area (Å²) in [5, 5.41) is 3.35. The molecule has 0 saturated heterocycles. The Balaban J connectivity index is 1.67. The molecular formula is C21H22ClN3O3S. The first-order valence-electron chi connectivity index (χ1n) is 9.14. The number of carbonyl (C=O) groups excluding carboxylic acids is 1. The molecule has 0 spiro atoms. The van der Waals surface area contributed by atoms with Gasteiger partial charge in [0.1, 0.15) is 17.3 Å². The van der Waals surface area contributed by atoms with Crippen LogP contribution < -0.4 is 10.0 Å². The Labute approximate surface area is 175 Å². The van der Waals surface area contributed by atoms with Gasteiger partial charge in [-0.25, -0.2) is 8.42 Å². The summed E-state index contributed by atoms with van der Waals surface area (Å²) >= 11 is 5.88. The average molecular weight is 432 g/mol. The van der Waals surface area contributed by atoms with E-state index in [1.54, 1.807) is 31.2 Å². The van der Waals surface area contributed by atoms with E-state index in [1.807, 2.05) is 37.3 Å². The van der Waals surface area contributed by atoms with Gasteiger partial charge in [0, 0.05) is 17.1 Å². The van der Waals surface area contributed by atoms with E-state index in [2.05, 4.69) is 15.0 Å². The van der Waals surface area contributed by atoms with Crippen molar-refractivity contribution < 1.29 is 13.2 Å². The molecule has 29 heavy (non-hydrogen) atoms. The van der Waals surface area contributed by atoms with Crippen LogP contribution in [0.4, 0.5) is 0 Å². The quantitative estimate of drug-likeness (QED) is 0.735. The number of carbonyl (C=O) groups is 1. The molecule has 2 aromatic carbocycles. The molecule has 1 aliphatic rings. The number of rotatable bonds is 6. The molecule has 0 bridgehead atoms. The minimum Gasteiger partial charge on any atom is -0.354 e. The second-order valence-electron chi connectivity index (χ2n) is 6.85. The van der Waals surface area contributed by atoms with Crippen LogP contribution in [0.2, 0.25) is 5.02 Å². The maximum atomic E-state index is 12.5. The first-order valence-corrected chi connectivity index (χ1v) is 11.0. The SMILES string of the molecule is CC1=C(c2ccc(Cl)cc2)S(=O)(=O)NC1=NCC(=O)NC[C@@H](C)c1ccccc1. The van der Waals surface area contributed by atoms with Gasteiger partial charge in [-0.2, -0.15) is 0 Å². The highest BCUT2D eigenvalue weighted by atomic mass is 35.5. The molecule has 1 atom stereocenters. The Hall–Kier alpha value is -2.64. The van der Waals surface area contributed by atoms with Crippen molar-refractivity contribution in [1.29, 1.82) is 0 Å². The van der Waals surface area contributed by atoms with Gasteiger partial charge in [-0.15, -0.1) is 0 Å². The first-order chi connectivity index (χ1) is 13.8. The topological polar surface area (TPSA) is 87.6 Å². The molecule has 6 nitrogen and oxygen atoms in total. The van der Waals surface area contributed by atoms with E-state index in [0.29, 0.717) is 22.7 Å². The number of benzene rings is 2. The number of nitrogens with zero attached hydrogens (tertiary/aromatic N) is 1. The Morgan fingerprint density at radius 1 is 1.14 bits per heavy atom. The molecule has 0 saturated carbocycles. The summed E-state index contributed by atoms with van der Waals surface area (Å²) in [7, 11) is -3.74. The fourth-order valence-electron chi connectivity index (χ4n) is 3.06. The second kappa shape index (κ2) is 8.80. The summed E-state index contributed by atoms with van der Waals surface area (Å²) in [4.78, 5) is 16.5. The third-order valence-corrected chi connectivity index (χ3v) is 6.45. The lowest BCUT2D eigenvalue weighted by Gasteiger charge is -2.12. The van der Waals surface area contributed by atoms with Crippen molar-refractivity contribution in [1.82, 2.24) is 10.0 Å². The van der Waals surface area contributed by atoms with Crippen molar-refractivity contribution in [3.05, 3.63) is 76.3 Å². The van der Waals surface area contributed by atoms with E-state index >= 15 is 0 Å². The molecular weight excluding hydrogens is 410 g/mol. The lowest BCUT2D eigenvalue weighted by molar-refractivity contribution is -0.119. The summed E-state index contributed by atoms with van der Waals surface area (Å²) < 4.78 is 27.4. The van der Waals surface area contributed by atoms with Gasteiger partial charge in [-0.05, 0) is 36.1 Å². The van der Waals surface area contributed by atoms with Crippen LogP contribution >= 0.6 is 11.6 Å². The van der Waals surface area contributed by atoms with Crippen LogP contribution in [-0.2, 0) is 14.8 Å². The molecule has 3 rings (SSSR count). The minimum absolute atomic E-state index is 0.144. The van der Waals surface area contributed by atoms with E-state index < -0.39 is 10.0 Å². The Kier molecular flexibility index (Phi) is 6.39. The van der Waals surface area contributed by atoms with Crippen LogP contribution in [0.5, 0.6) is 0 Å². The van der Waals surface area contributed by atoms with Gasteiger partial charge in [0.25, 0.3) is 10.0 Å². The predicted molar refractivity (Wildman–Crippen MR) is 116 cm³/mol. The molecule has 1 aliphatic heterocycles. The maximum absolute atomic E-state index is 12.5. The standard InChI is InChI=1S/C21H22ClN3O3S/c1-14(16-6-4-3-5-7-16)12-23-19(26)13-24-21-15(2)20(29(27,28)25-21)17-8-10-18(22)11-9-17/h3-11,14H,12-13H2,1-2H3,(H,23,26)(H,24,25)/t14-/m1/s1. The van der Waals surface area contributed by atoms with Gasteiger partial charge >= 0.3 is 0 Å². The molecule has 0 aromatic heterocycles. The highest BCUT2D eigenvalue weighted by molar-refractivity contribution is 8.00. The predicted octanol–water partition coefficient (Wildman–Crippen LogP) is 3.32. The van der Waals surface area contributed by atoms with Gasteiger partial charge in [0.05, 0.1) is 0 Å². The number of sulfonamides is 1. The molecule has 2 aromatic rings. The molecule has 1 amide bonds. The van der Waals surface area contributed by atoms with Crippen molar-refractivity contribution >= 4 is 38.3 Å². The molecule has 0 fully saturated rings. The zero-order valence-corrected chi connectivity index (χ0v) is 17.7. The minimum atomic E-state index is -3.74. The number of hydrogen-bond acceptors (Lipinski definition) is 4. The molecule has 0 radical (unpaired) electrons. The van der Waals surface area contributed by atoms with Crippen molar-refractivity contribution in [3.8, 4) is 0 Å². The summed E-state index contributed by atoms with van der Waals surface area (Å²) in [6.45, 7) is 4.00. The van der Waals surface area contributed by atoms with E-state index in [9.17, 15) is 13.2 Å². The van der Waals surface area contributed by atoms with Gasteiger partial charge in [0.2, 0.25) is 5.91 Å². The van der Waals surface area contributed by atoms with E-state index in [-0.39, 0.29) is 29.1 Å². The van der Waals surface area contributed by atoms with Crippen molar-refractivity contribution in [2.75, 3.05) is 13.1 Å². The lowest BCUT2D eigenvalue weighted by atomic mass is 10.0. The van der Waals surface area contributed by atoms with E-state index in [4.69, 9.17) is 11.6 Å². The Morgan fingerprint density at radius 3 is 2.45 bits per heavy atom. The van der Waals surface area contributed by atoms with Crippen LogP contribution in [0.3, 0.4) is 0 Å². The number of amides is 1. The lowest BCUT2D eigenvalue weighted by Crippen LogP contribution is -2.31. The zero-order valence-electron chi connectivity index (χ0n) is 16.1. The largest absolute Gasteiger partial charge is 0.354 e. The number of amidine groups is 1. The first kappa shape index (κ1) is 21.1. The van der Waals surface area contributed by atoms with Crippen LogP contribution in [0.25, 0.3) is 4.91 Å². The second-order valence-corrected chi connectivity index (χ2v) is 8.90. The van der Waals surface area contributed by atoms with Gasteiger partial charge < -0.3 is 5.32 Å². The normalized spacial score (nSPS) is 17.8. The number of halogens is 1. The average Bonchev–Trinajstić information content (AvgIpc) is 2.94. The highest BCUT2D eigenvalue weighted by Crippen LogP contribution is 2.30. The van der Waals surface area contributed by atoms with Crippen molar-refractivity contribution in [2.24, 2.45) is 4.99 Å². The Morgan fingerprint density at radius 2 is 1.79 bits per heavy atom. The fourth-order valence-corrected chi connectivity index (χ4v) is 4.71. The van der Waals surface area contributed by atoms with Crippen LogP contribution in [0.15, 0.2) is 65.2 Å². The number of nitrogens with one attached hydrogen (secondary N) is 2. The maximum Gasteiger partial charge on any atom is 0.264 e. The third kappa shape index (κ3) is 5.05. The van der Waals surface area contributed by atoms with Crippen molar-refractivity contribution in [3.63, 3.8) is 0 Å². The van der Waals surface area contributed by atoms with Crippen LogP contribution in [0.1, 0.15) is 30.9 Å². The summed E-state index contributed by atoms with van der Waals surface area (Å²) in [6, 6.07) is 16.4. The molecule has 152 valence electrons. The Bertz CT molecular complexity index is 1060. The van der Waals surface area contributed by atoms with Crippen molar-refractivity contribution in [2.45, 2.75) is 19.8 Å². The van der Waals surface area contributed by atoms with Crippen LogP contribution in [-0.4, -0.2) is 33.3 Å². The molecule has 8 heteroatoms. The van der Waals surface area contributed by atoms with Gasteiger partial charge in [0.15, 0.2) is 0 Å². The highest BCUT2D eigenvalue weighted by Gasteiger charge is 2.32. The molecule has 0 aliphatic carbocycles.